The SMILES string of the molecule is COC(=Nc1ccc(OC)nc1)SC. The molecule has 0 aliphatic carbocycles. The van der Waals surface area contributed by atoms with Crippen molar-refractivity contribution >= 4 is 22.7 Å². The molecule has 0 spiro atoms. The Balaban J connectivity index is 2.81. The lowest BCUT2D eigenvalue weighted by molar-refractivity contribution is 0.398. The summed E-state index contributed by atoms with van der Waals surface area (Å²) in [4.78, 5) is 8.24. The summed E-state index contributed by atoms with van der Waals surface area (Å²) in [6, 6.07) is 3.58. The first-order valence-electron chi connectivity index (χ1n) is 3.97. The molecule has 0 N–H and O–H groups in total. The molecule has 0 aliphatic heterocycles. The van der Waals surface area contributed by atoms with Crippen LogP contribution in [-0.2, 0) is 4.74 Å². The monoisotopic (exact) mass is 212 g/mol. The summed E-state index contributed by atoms with van der Waals surface area (Å²) in [5.74, 6) is 0.576. The molecule has 1 rings (SSSR count). The molecule has 0 atom stereocenters. The van der Waals surface area contributed by atoms with Crippen LogP contribution in [0.2, 0.25) is 0 Å². The predicted molar refractivity (Wildman–Crippen MR) is 58.4 cm³/mol. The summed E-state index contributed by atoms with van der Waals surface area (Å²) in [5, 5.41) is 0.608. The van der Waals surface area contributed by atoms with Gasteiger partial charge in [-0.15, -0.1) is 0 Å². The zero-order valence-corrected chi connectivity index (χ0v) is 9.17. The number of rotatable bonds is 2. The molecule has 0 saturated carbocycles. The Hall–Kier alpha value is -1.23. The Morgan fingerprint density at radius 3 is 2.64 bits per heavy atom. The van der Waals surface area contributed by atoms with E-state index in [2.05, 4.69) is 9.98 Å². The molecule has 5 heteroatoms. The van der Waals surface area contributed by atoms with Crippen LogP contribution in [-0.4, -0.2) is 30.7 Å². The van der Waals surface area contributed by atoms with Crippen molar-refractivity contribution in [1.29, 1.82) is 0 Å². The fourth-order valence-electron chi connectivity index (χ4n) is 0.839. The number of hydrogen-bond donors (Lipinski definition) is 0. The van der Waals surface area contributed by atoms with E-state index in [1.54, 1.807) is 26.5 Å². The van der Waals surface area contributed by atoms with Gasteiger partial charge >= 0.3 is 0 Å². The highest BCUT2D eigenvalue weighted by Gasteiger charge is 1.97. The highest BCUT2D eigenvalue weighted by Crippen LogP contribution is 2.16. The molecule has 0 amide bonds. The number of pyridine rings is 1. The van der Waals surface area contributed by atoms with Crippen molar-refractivity contribution in [2.24, 2.45) is 4.99 Å². The molecule has 0 bridgehead atoms. The smallest absolute Gasteiger partial charge is 0.250 e. The fraction of sp³-hybridized carbons (Fsp3) is 0.333. The van der Waals surface area contributed by atoms with E-state index in [1.807, 2.05) is 12.3 Å². The molecule has 0 fully saturated rings. The van der Waals surface area contributed by atoms with Crippen molar-refractivity contribution in [2.45, 2.75) is 0 Å². The van der Waals surface area contributed by atoms with E-state index >= 15 is 0 Å². The lowest BCUT2D eigenvalue weighted by Crippen LogP contribution is -1.93. The lowest BCUT2D eigenvalue weighted by Gasteiger charge is -2.01. The number of ether oxygens (including phenoxy) is 2. The summed E-state index contributed by atoms with van der Waals surface area (Å²) >= 11 is 1.44. The first kappa shape index (κ1) is 10.8. The number of aliphatic imine (C=N–C) groups is 1. The summed E-state index contributed by atoms with van der Waals surface area (Å²) in [6.45, 7) is 0. The van der Waals surface area contributed by atoms with Crippen LogP contribution in [0.4, 0.5) is 5.69 Å². The molecule has 0 radical (unpaired) electrons. The Morgan fingerprint density at radius 1 is 1.43 bits per heavy atom. The Labute approximate surface area is 87.4 Å². The van der Waals surface area contributed by atoms with E-state index in [0.29, 0.717) is 11.1 Å². The van der Waals surface area contributed by atoms with E-state index in [-0.39, 0.29) is 0 Å². The quantitative estimate of drug-likeness (QED) is 0.556. The van der Waals surface area contributed by atoms with Gasteiger partial charge in [0, 0.05) is 6.07 Å². The molecule has 14 heavy (non-hydrogen) atoms. The van der Waals surface area contributed by atoms with Gasteiger partial charge in [0.2, 0.25) is 11.1 Å². The van der Waals surface area contributed by atoms with E-state index in [1.165, 1.54) is 11.8 Å². The summed E-state index contributed by atoms with van der Waals surface area (Å²) in [5.41, 5.74) is 0.747. The summed E-state index contributed by atoms with van der Waals surface area (Å²) < 4.78 is 9.94. The van der Waals surface area contributed by atoms with E-state index in [9.17, 15) is 0 Å². The zero-order chi connectivity index (χ0) is 10.4. The molecule has 0 aliphatic rings. The number of nitrogens with zero attached hydrogens (tertiary/aromatic N) is 2. The van der Waals surface area contributed by atoms with Gasteiger partial charge < -0.3 is 9.47 Å². The van der Waals surface area contributed by atoms with Crippen LogP contribution in [0.1, 0.15) is 0 Å². The van der Waals surface area contributed by atoms with Crippen LogP contribution >= 0.6 is 11.8 Å². The molecule has 76 valence electrons. The van der Waals surface area contributed by atoms with Crippen LogP contribution in [0, 0.1) is 0 Å². The Morgan fingerprint density at radius 2 is 2.21 bits per heavy atom. The van der Waals surface area contributed by atoms with Crippen LogP contribution in [0.25, 0.3) is 0 Å². The minimum absolute atomic E-state index is 0.576. The van der Waals surface area contributed by atoms with Gasteiger partial charge in [-0.1, -0.05) is 11.8 Å². The van der Waals surface area contributed by atoms with E-state index in [0.717, 1.165) is 5.69 Å². The Kier molecular flexibility index (Phi) is 4.25. The summed E-state index contributed by atoms with van der Waals surface area (Å²) in [6.07, 6.45) is 3.54. The first-order chi connectivity index (χ1) is 6.80. The van der Waals surface area contributed by atoms with Crippen LogP contribution < -0.4 is 4.74 Å². The van der Waals surface area contributed by atoms with Crippen molar-refractivity contribution in [3.05, 3.63) is 18.3 Å². The molecule has 0 unspecified atom stereocenters. The number of thioether (sulfide) groups is 1. The van der Waals surface area contributed by atoms with Gasteiger partial charge in [-0.25, -0.2) is 9.98 Å². The molecule has 0 aromatic carbocycles. The van der Waals surface area contributed by atoms with Crippen molar-refractivity contribution < 1.29 is 9.47 Å². The highest BCUT2D eigenvalue weighted by molar-refractivity contribution is 8.12. The first-order valence-corrected chi connectivity index (χ1v) is 5.19. The topological polar surface area (TPSA) is 43.7 Å². The lowest BCUT2D eigenvalue weighted by atomic mass is 10.4. The number of hydrogen-bond acceptors (Lipinski definition) is 5. The highest BCUT2D eigenvalue weighted by atomic mass is 32.2. The van der Waals surface area contributed by atoms with E-state index in [4.69, 9.17) is 9.47 Å². The van der Waals surface area contributed by atoms with E-state index < -0.39 is 0 Å². The van der Waals surface area contributed by atoms with Gasteiger partial charge in [0.05, 0.1) is 26.1 Å². The molecule has 1 aromatic heterocycles. The maximum absolute atomic E-state index is 5.01. The second-order valence-corrected chi connectivity index (χ2v) is 3.10. The number of methoxy groups -OCH3 is 2. The third-order valence-electron chi connectivity index (χ3n) is 1.50. The maximum atomic E-state index is 5.01. The van der Waals surface area contributed by atoms with Gasteiger partial charge in [-0.2, -0.15) is 0 Å². The molecule has 0 saturated heterocycles. The van der Waals surface area contributed by atoms with Crippen LogP contribution in [0.5, 0.6) is 5.88 Å². The minimum atomic E-state index is 0.576. The van der Waals surface area contributed by atoms with Gasteiger partial charge in [0.25, 0.3) is 0 Å². The second-order valence-electron chi connectivity index (χ2n) is 2.34. The fourth-order valence-corrected chi connectivity index (χ4v) is 1.20. The average Bonchev–Trinajstić information content (AvgIpc) is 2.26. The molecular formula is C9H12N2O2S. The molecule has 1 aromatic rings. The van der Waals surface area contributed by atoms with Crippen LogP contribution in [0.15, 0.2) is 23.3 Å². The molecule has 4 nitrogen and oxygen atoms in total. The molecular weight excluding hydrogens is 200 g/mol. The Bertz CT molecular complexity index is 305. The third-order valence-corrected chi connectivity index (χ3v) is 2.11. The average molecular weight is 212 g/mol. The standard InChI is InChI=1S/C9H12N2O2S/c1-12-8-5-4-7(6-10-8)11-9(13-2)14-3/h4-6H,1-3H3. The number of aromatic nitrogens is 1. The minimum Gasteiger partial charge on any atom is -0.481 e. The van der Waals surface area contributed by atoms with Gasteiger partial charge in [0.15, 0.2) is 0 Å². The summed E-state index contributed by atoms with van der Waals surface area (Å²) in [7, 11) is 3.17. The maximum Gasteiger partial charge on any atom is 0.250 e. The van der Waals surface area contributed by atoms with Crippen molar-refractivity contribution in [2.75, 3.05) is 20.5 Å². The van der Waals surface area contributed by atoms with Gasteiger partial charge in [-0.05, 0) is 12.3 Å². The van der Waals surface area contributed by atoms with Crippen molar-refractivity contribution in [3.63, 3.8) is 0 Å². The predicted octanol–water partition coefficient (Wildman–Crippen LogP) is 2.09. The third kappa shape index (κ3) is 2.92. The van der Waals surface area contributed by atoms with Crippen molar-refractivity contribution in [3.8, 4) is 5.88 Å². The second kappa shape index (κ2) is 5.49. The van der Waals surface area contributed by atoms with Gasteiger partial charge in [0.1, 0.15) is 0 Å². The normalized spacial score (nSPS) is 11.2. The largest absolute Gasteiger partial charge is 0.481 e. The van der Waals surface area contributed by atoms with Gasteiger partial charge in [-0.3, -0.25) is 0 Å². The molecule has 1 heterocycles. The van der Waals surface area contributed by atoms with Crippen molar-refractivity contribution in [1.82, 2.24) is 4.98 Å². The van der Waals surface area contributed by atoms with Crippen LogP contribution in [0.3, 0.4) is 0 Å². The zero-order valence-electron chi connectivity index (χ0n) is 8.35.